The fourth-order valence-electron chi connectivity index (χ4n) is 1.43. The molecule has 2 aromatic heterocycles. The van der Waals surface area contributed by atoms with Crippen molar-refractivity contribution >= 4 is 39.0 Å². The third kappa shape index (κ3) is 3.74. The topological polar surface area (TPSA) is 58.1 Å². The highest BCUT2D eigenvalue weighted by molar-refractivity contribution is 9.10. The molecule has 0 aliphatic rings. The van der Waals surface area contributed by atoms with Crippen LogP contribution in [0.15, 0.2) is 28.3 Å². The fraction of sp³-hybridized carbons (Fsp3) is 0.250. The summed E-state index contributed by atoms with van der Waals surface area (Å²) in [6.45, 7) is 2.33. The Balaban J connectivity index is 1.96. The van der Waals surface area contributed by atoms with Crippen molar-refractivity contribution in [3.63, 3.8) is 0 Å². The Hall–Kier alpha value is -1.47. The van der Waals surface area contributed by atoms with E-state index >= 15 is 0 Å². The van der Waals surface area contributed by atoms with E-state index in [-0.39, 0.29) is 6.03 Å². The van der Waals surface area contributed by atoms with Gasteiger partial charge >= 0.3 is 6.03 Å². The largest absolute Gasteiger partial charge is 0.322 e. The molecule has 100 valence electrons. The number of urea groups is 1. The van der Waals surface area contributed by atoms with Crippen LogP contribution in [0.4, 0.5) is 10.5 Å². The first-order valence-corrected chi connectivity index (χ1v) is 7.26. The van der Waals surface area contributed by atoms with Crippen LogP contribution in [0.5, 0.6) is 0 Å². The predicted octanol–water partition coefficient (Wildman–Crippen LogP) is 3.27. The standard InChI is InChI=1S/C12H13BrN4OS/c1-8-10(3-4-19-8)16-12(18)17(2)7-11-14-5-9(13)6-15-11/h3-6H,7H2,1-2H3,(H,16,18). The summed E-state index contributed by atoms with van der Waals surface area (Å²) in [5, 5.41) is 4.80. The van der Waals surface area contributed by atoms with Crippen LogP contribution in [0.1, 0.15) is 10.7 Å². The molecule has 0 atom stereocenters. The van der Waals surface area contributed by atoms with Crippen molar-refractivity contribution in [3.8, 4) is 0 Å². The van der Waals surface area contributed by atoms with Crippen LogP contribution in [0.25, 0.3) is 0 Å². The van der Waals surface area contributed by atoms with E-state index in [9.17, 15) is 4.79 Å². The number of hydrogen-bond donors (Lipinski definition) is 1. The molecule has 19 heavy (non-hydrogen) atoms. The van der Waals surface area contributed by atoms with Gasteiger partial charge in [-0.15, -0.1) is 11.3 Å². The molecule has 0 bridgehead atoms. The minimum Gasteiger partial charge on any atom is -0.320 e. The lowest BCUT2D eigenvalue weighted by Gasteiger charge is -2.16. The zero-order chi connectivity index (χ0) is 13.8. The van der Waals surface area contributed by atoms with Crippen LogP contribution in [0, 0.1) is 6.92 Å². The van der Waals surface area contributed by atoms with Crippen LogP contribution in [-0.2, 0) is 6.54 Å². The second-order valence-corrected chi connectivity index (χ2v) is 6.03. The lowest BCUT2D eigenvalue weighted by molar-refractivity contribution is 0.219. The summed E-state index contributed by atoms with van der Waals surface area (Å²) in [5.41, 5.74) is 0.846. The molecule has 0 spiro atoms. The zero-order valence-electron chi connectivity index (χ0n) is 10.6. The van der Waals surface area contributed by atoms with Gasteiger partial charge in [0.15, 0.2) is 0 Å². The molecule has 2 amide bonds. The molecule has 0 aliphatic heterocycles. The first-order chi connectivity index (χ1) is 9.06. The van der Waals surface area contributed by atoms with Crippen LogP contribution >= 0.6 is 27.3 Å². The Morgan fingerprint density at radius 1 is 1.47 bits per heavy atom. The van der Waals surface area contributed by atoms with Gasteiger partial charge in [0.1, 0.15) is 5.82 Å². The van der Waals surface area contributed by atoms with Gasteiger partial charge in [0.05, 0.1) is 16.7 Å². The lowest BCUT2D eigenvalue weighted by Crippen LogP contribution is -2.31. The smallest absolute Gasteiger partial charge is 0.320 e. The number of halogens is 1. The number of hydrogen-bond acceptors (Lipinski definition) is 4. The average Bonchev–Trinajstić information content (AvgIpc) is 2.78. The minimum atomic E-state index is -0.173. The number of carbonyl (C=O) groups is 1. The Morgan fingerprint density at radius 2 is 2.16 bits per heavy atom. The van der Waals surface area contributed by atoms with Crippen LogP contribution < -0.4 is 5.32 Å². The van der Waals surface area contributed by atoms with Crippen molar-refractivity contribution in [2.75, 3.05) is 12.4 Å². The molecule has 2 heterocycles. The molecule has 0 aliphatic carbocycles. The highest BCUT2D eigenvalue weighted by atomic mass is 79.9. The predicted molar refractivity (Wildman–Crippen MR) is 79.3 cm³/mol. The second-order valence-electron chi connectivity index (χ2n) is 3.99. The maximum atomic E-state index is 12.0. The van der Waals surface area contributed by atoms with Gasteiger partial charge in [-0.3, -0.25) is 0 Å². The van der Waals surface area contributed by atoms with Crippen molar-refractivity contribution in [1.29, 1.82) is 0 Å². The van der Waals surface area contributed by atoms with E-state index in [1.54, 1.807) is 35.7 Å². The molecule has 0 fully saturated rings. The number of carbonyl (C=O) groups excluding carboxylic acids is 1. The number of nitrogens with zero attached hydrogens (tertiary/aromatic N) is 3. The quantitative estimate of drug-likeness (QED) is 0.932. The maximum absolute atomic E-state index is 12.0. The summed E-state index contributed by atoms with van der Waals surface area (Å²) in [4.78, 5) is 22.9. The Kier molecular flexibility index (Phi) is 4.49. The van der Waals surface area contributed by atoms with Crippen LogP contribution in [0.3, 0.4) is 0 Å². The third-order valence-electron chi connectivity index (χ3n) is 2.50. The van der Waals surface area contributed by atoms with Crippen LogP contribution in [-0.4, -0.2) is 27.9 Å². The van der Waals surface area contributed by atoms with Gasteiger partial charge in [0.25, 0.3) is 0 Å². The summed E-state index contributed by atoms with van der Waals surface area (Å²) in [6.07, 6.45) is 3.33. The minimum absolute atomic E-state index is 0.173. The van der Waals surface area contributed by atoms with E-state index in [2.05, 4.69) is 31.2 Å². The van der Waals surface area contributed by atoms with Crippen molar-refractivity contribution in [3.05, 3.63) is 39.0 Å². The van der Waals surface area contributed by atoms with Gasteiger partial charge in [-0.25, -0.2) is 14.8 Å². The Morgan fingerprint density at radius 3 is 2.74 bits per heavy atom. The number of anilines is 1. The summed E-state index contributed by atoms with van der Waals surface area (Å²) < 4.78 is 0.817. The number of aryl methyl sites for hydroxylation is 1. The maximum Gasteiger partial charge on any atom is 0.322 e. The van der Waals surface area contributed by atoms with Crippen molar-refractivity contribution in [1.82, 2.24) is 14.9 Å². The summed E-state index contributed by atoms with van der Waals surface area (Å²) in [5.74, 6) is 0.600. The number of amides is 2. The van der Waals surface area contributed by atoms with E-state index in [0.717, 1.165) is 15.0 Å². The zero-order valence-corrected chi connectivity index (χ0v) is 13.0. The Labute approximate surface area is 123 Å². The van der Waals surface area contributed by atoms with E-state index in [4.69, 9.17) is 0 Å². The number of aromatic nitrogens is 2. The van der Waals surface area contributed by atoms with Crippen molar-refractivity contribution in [2.45, 2.75) is 13.5 Å². The average molecular weight is 341 g/mol. The van der Waals surface area contributed by atoms with Crippen molar-refractivity contribution in [2.24, 2.45) is 0 Å². The van der Waals surface area contributed by atoms with Gasteiger partial charge in [0.2, 0.25) is 0 Å². The molecule has 1 N–H and O–H groups in total. The molecule has 0 unspecified atom stereocenters. The first kappa shape index (κ1) is 14.0. The number of thiophene rings is 1. The second kappa shape index (κ2) is 6.12. The number of nitrogens with one attached hydrogen (secondary N) is 1. The Bertz CT molecular complexity index is 569. The molecule has 2 rings (SSSR count). The van der Waals surface area contributed by atoms with Gasteiger partial charge in [-0.1, -0.05) is 0 Å². The van der Waals surface area contributed by atoms with Crippen LogP contribution in [0.2, 0.25) is 0 Å². The third-order valence-corrected chi connectivity index (χ3v) is 3.75. The molecule has 0 saturated carbocycles. The van der Waals surface area contributed by atoms with E-state index in [1.165, 1.54) is 0 Å². The van der Waals surface area contributed by atoms with E-state index in [0.29, 0.717) is 12.4 Å². The van der Waals surface area contributed by atoms with Gasteiger partial charge in [0, 0.05) is 24.3 Å². The monoisotopic (exact) mass is 340 g/mol. The SMILES string of the molecule is Cc1sccc1NC(=O)N(C)Cc1ncc(Br)cn1. The molecule has 7 heteroatoms. The summed E-state index contributed by atoms with van der Waals surface area (Å²) >= 11 is 4.87. The normalized spacial score (nSPS) is 10.3. The highest BCUT2D eigenvalue weighted by Crippen LogP contribution is 2.20. The fourth-order valence-corrected chi connectivity index (χ4v) is 2.29. The molecular formula is C12H13BrN4OS. The molecule has 2 aromatic rings. The first-order valence-electron chi connectivity index (χ1n) is 5.59. The number of rotatable bonds is 3. The molecule has 0 radical (unpaired) electrons. The molecule has 5 nitrogen and oxygen atoms in total. The van der Waals surface area contributed by atoms with Gasteiger partial charge < -0.3 is 10.2 Å². The van der Waals surface area contributed by atoms with Gasteiger partial charge in [-0.05, 0) is 34.3 Å². The molecular weight excluding hydrogens is 328 g/mol. The molecule has 0 aromatic carbocycles. The summed E-state index contributed by atoms with van der Waals surface area (Å²) in [6, 6.07) is 1.72. The lowest BCUT2D eigenvalue weighted by atomic mass is 10.4. The van der Waals surface area contributed by atoms with E-state index in [1.807, 2.05) is 18.4 Å². The summed E-state index contributed by atoms with van der Waals surface area (Å²) in [7, 11) is 1.71. The van der Waals surface area contributed by atoms with E-state index < -0.39 is 0 Å². The highest BCUT2D eigenvalue weighted by Gasteiger charge is 2.12. The molecule has 0 saturated heterocycles. The van der Waals surface area contributed by atoms with Gasteiger partial charge in [-0.2, -0.15) is 0 Å². The van der Waals surface area contributed by atoms with Crippen molar-refractivity contribution < 1.29 is 4.79 Å².